The van der Waals surface area contributed by atoms with Gasteiger partial charge in [-0.2, -0.15) is 0 Å². The molecule has 3 rings (SSSR count). The number of fused-ring (bicyclic) bond motifs is 1. The van der Waals surface area contributed by atoms with Crippen molar-refractivity contribution in [1.82, 2.24) is 4.57 Å². The number of benzene rings is 2. The van der Waals surface area contributed by atoms with E-state index in [1.54, 1.807) is 19.1 Å². The number of rotatable bonds is 3. The van der Waals surface area contributed by atoms with Gasteiger partial charge >= 0.3 is 5.97 Å². The standard InChI is InChI=1S/C20H19NO3/c1-12-5-7-16(8-6-12)21-13(2)20(14(3)22)18-10-9-17(11-19(18)21)24-15(4)23/h5-11H,1-4H3. The number of aromatic nitrogens is 1. The molecule has 0 fully saturated rings. The van der Waals surface area contributed by atoms with E-state index in [-0.39, 0.29) is 11.8 Å². The minimum absolute atomic E-state index is 0.0172. The lowest BCUT2D eigenvalue weighted by Gasteiger charge is -2.10. The summed E-state index contributed by atoms with van der Waals surface area (Å²) in [4.78, 5) is 23.4. The predicted molar refractivity (Wildman–Crippen MR) is 94.1 cm³/mol. The molecule has 0 N–H and O–H groups in total. The average Bonchev–Trinajstić information content (AvgIpc) is 2.79. The first-order valence-electron chi connectivity index (χ1n) is 7.80. The molecule has 0 spiro atoms. The highest BCUT2D eigenvalue weighted by Crippen LogP contribution is 2.32. The fraction of sp³-hybridized carbons (Fsp3) is 0.200. The molecule has 0 aliphatic heterocycles. The fourth-order valence-electron chi connectivity index (χ4n) is 3.10. The number of esters is 1. The van der Waals surface area contributed by atoms with Gasteiger partial charge in [0.05, 0.1) is 5.52 Å². The second kappa shape index (κ2) is 5.96. The second-order valence-corrected chi connectivity index (χ2v) is 5.96. The van der Waals surface area contributed by atoms with Crippen LogP contribution in [0.4, 0.5) is 0 Å². The first-order valence-corrected chi connectivity index (χ1v) is 7.80. The highest BCUT2D eigenvalue weighted by Gasteiger charge is 2.19. The summed E-state index contributed by atoms with van der Waals surface area (Å²) in [5.74, 6) is 0.117. The van der Waals surface area contributed by atoms with Crippen LogP contribution in [-0.4, -0.2) is 16.3 Å². The Morgan fingerprint density at radius 1 is 0.958 bits per heavy atom. The van der Waals surface area contributed by atoms with E-state index in [1.165, 1.54) is 12.5 Å². The Morgan fingerprint density at radius 3 is 2.21 bits per heavy atom. The molecule has 2 aromatic carbocycles. The van der Waals surface area contributed by atoms with Gasteiger partial charge in [-0.15, -0.1) is 0 Å². The monoisotopic (exact) mass is 321 g/mol. The molecule has 4 heteroatoms. The Kier molecular flexibility index (Phi) is 3.97. The number of aryl methyl sites for hydroxylation is 1. The summed E-state index contributed by atoms with van der Waals surface area (Å²) in [5, 5.41) is 0.858. The lowest BCUT2D eigenvalue weighted by molar-refractivity contribution is -0.131. The maximum Gasteiger partial charge on any atom is 0.308 e. The quantitative estimate of drug-likeness (QED) is 0.409. The molecule has 1 heterocycles. The van der Waals surface area contributed by atoms with Gasteiger partial charge in [0.15, 0.2) is 5.78 Å². The van der Waals surface area contributed by atoms with Crippen molar-refractivity contribution in [3.05, 3.63) is 59.3 Å². The van der Waals surface area contributed by atoms with Crippen molar-refractivity contribution in [2.45, 2.75) is 27.7 Å². The lowest BCUT2D eigenvalue weighted by Crippen LogP contribution is -2.02. The lowest BCUT2D eigenvalue weighted by atomic mass is 10.1. The molecule has 0 saturated carbocycles. The van der Waals surface area contributed by atoms with Crippen molar-refractivity contribution < 1.29 is 14.3 Å². The third-order valence-corrected chi connectivity index (χ3v) is 4.08. The van der Waals surface area contributed by atoms with Gasteiger partial charge in [0, 0.05) is 35.3 Å². The van der Waals surface area contributed by atoms with Crippen molar-refractivity contribution in [3.63, 3.8) is 0 Å². The van der Waals surface area contributed by atoms with Gasteiger partial charge in [-0.05, 0) is 45.0 Å². The first kappa shape index (κ1) is 16.0. The van der Waals surface area contributed by atoms with E-state index in [0.717, 1.165) is 22.3 Å². The number of nitrogens with zero attached hydrogens (tertiary/aromatic N) is 1. The van der Waals surface area contributed by atoms with Crippen molar-refractivity contribution in [2.24, 2.45) is 0 Å². The summed E-state index contributed by atoms with van der Waals surface area (Å²) < 4.78 is 7.23. The first-order chi connectivity index (χ1) is 11.4. The molecular formula is C20H19NO3. The SMILES string of the molecule is CC(=O)Oc1ccc2c(C(C)=O)c(C)n(-c3ccc(C)cc3)c2c1. The predicted octanol–water partition coefficient (Wildman–Crippen LogP) is 4.38. The third-order valence-electron chi connectivity index (χ3n) is 4.08. The van der Waals surface area contributed by atoms with Crippen LogP contribution in [0.3, 0.4) is 0 Å². The van der Waals surface area contributed by atoms with E-state index in [1.807, 2.05) is 48.7 Å². The van der Waals surface area contributed by atoms with E-state index in [0.29, 0.717) is 11.3 Å². The molecule has 0 amide bonds. The molecule has 24 heavy (non-hydrogen) atoms. The molecule has 122 valence electrons. The van der Waals surface area contributed by atoms with E-state index >= 15 is 0 Å². The average molecular weight is 321 g/mol. The van der Waals surface area contributed by atoms with Gasteiger partial charge in [-0.1, -0.05) is 17.7 Å². The summed E-state index contributed by atoms with van der Waals surface area (Å²) >= 11 is 0. The van der Waals surface area contributed by atoms with Crippen molar-refractivity contribution in [2.75, 3.05) is 0 Å². The molecule has 4 nitrogen and oxygen atoms in total. The zero-order valence-electron chi connectivity index (χ0n) is 14.2. The minimum Gasteiger partial charge on any atom is -0.427 e. The smallest absolute Gasteiger partial charge is 0.308 e. The summed E-state index contributed by atoms with van der Waals surface area (Å²) in [7, 11) is 0. The zero-order chi connectivity index (χ0) is 17.4. The Balaban J connectivity index is 2.32. The maximum atomic E-state index is 12.1. The van der Waals surface area contributed by atoms with Gasteiger partial charge in [-0.25, -0.2) is 0 Å². The Labute approximate surface area is 140 Å². The number of carbonyl (C=O) groups is 2. The molecule has 3 aromatic rings. The maximum absolute atomic E-state index is 12.1. The van der Waals surface area contributed by atoms with Crippen LogP contribution in [0.5, 0.6) is 5.75 Å². The Hall–Kier alpha value is -2.88. The van der Waals surface area contributed by atoms with Crippen molar-refractivity contribution in [1.29, 1.82) is 0 Å². The number of ketones is 1. The topological polar surface area (TPSA) is 48.3 Å². The van der Waals surface area contributed by atoms with Crippen LogP contribution in [0.25, 0.3) is 16.6 Å². The number of hydrogen-bond donors (Lipinski definition) is 0. The molecule has 0 atom stereocenters. The fourth-order valence-corrected chi connectivity index (χ4v) is 3.10. The summed E-state index contributed by atoms with van der Waals surface area (Å²) in [6, 6.07) is 13.5. The largest absolute Gasteiger partial charge is 0.427 e. The van der Waals surface area contributed by atoms with Crippen molar-refractivity contribution >= 4 is 22.7 Å². The van der Waals surface area contributed by atoms with Crippen LogP contribution in [-0.2, 0) is 4.79 Å². The van der Waals surface area contributed by atoms with Crippen LogP contribution in [0.2, 0.25) is 0 Å². The van der Waals surface area contributed by atoms with Crippen LogP contribution in [0.15, 0.2) is 42.5 Å². The normalized spacial score (nSPS) is 10.8. The van der Waals surface area contributed by atoms with Gasteiger partial charge in [0.2, 0.25) is 0 Å². The van der Waals surface area contributed by atoms with E-state index < -0.39 is 0 Å². The van der Waals surface area contributed by atoms with Gasteiger partial charge in [0.1, 0.15) is 5.75 Å². The van der Waals surface area contributed by atoms with Gasteiger partial charge in [-0.3, -0.25) is 9.59 Å². The molecule has 1 aromatic heterocycles. The minimum atomic E-state index is -0.369. The molecule has 0 bridgehead atoms. The molecule has 0 aliphatic carbocycles. The van der Waals surface area contributed by atoms with E-state index in [4.69, 9.17) is 4.74 Å². The Morgan fingerprint density at radius 2 is 1.62 bits per heavy atom. The van der Waals surface area contributed by atoms with E-state index in [2.05, 4.69) is 0 Å². The summed E-state index contributed by atoms with van der Waals surface area (Å²) in [5.41, 5.74) is 4.55. The van der Waals surface area contributed by atoms with Crippen LogP contribution in [0.1, 0.15) is 35.5 Å². The third kappa shape index (κ3) is 2.71. The molecular weight excluding hydrogens is 302 g/mol. The van der Waals surface area contributed by atoms with Gasteiger partial charge < -0.3 is 9.30 Å². The number of hydrogen-bond acceptors (Lipinski definition) is 3. The van der Waals surface area contributed by atoms with Crippen molar-refractivity contribution in [3.8, 4) is 11.4 Å². The highest BCUT2D eigenvalue weighted by atomic mass is 16.5. The van der Waals surface area contributed by atoms with Crippen LogP contribution >= 0.6 is 0 Å². The van der Waals surface area contributed by atoms with E-state index in [9.17, 15) is 9.59 Å². The molecule has 0 saturated heterocycles. The molecule has 0 aliphatic rings. The summed E-state index contributed by atoms with van der Waals surface area (Å²) in [6.07, 6.45) is 0. The summed E-state index contributed by atoms with van der Waals surface area (Å²) in [6.45, 7) is 6.91. The van der Waals surface area contributed by atoms with Crippen LogP contribution < -0.4 is 4.74 Å². The zero-order valence-corrected chi connectivity index (χ0v) is 14.2. The second-order valence-electron chi connectivity index (χ2n) is 5.96. The molecule has 0 radical (unpaired) electrons. The number of ether oxygens (including phenoxy) is 1. The number of Topliss-reactive ketones (excluding diaryl/α,β-unsaturated/α-hetero) is 1. The van der Waals surface area contributed by atoms with Gasteiger partial charge in [0.25, 0.3) is 0 Å². The van der Waals surface area contributed by atoms with Crippen LogP contribution in [0, 0.1) is 13.8 Å². The molecule has 0 unspecified atom stereocenters. The highest BCUT2D eigenvalue weighted by molar-refractivity contribution is 6.09. The Bertz CT molecular complexity index is 949. The number of carbonyl (C=O) groups excluding carboxylic acids is 2.